The average Bonchev–Trinajstić information content (AvgIpc) is 2.83. The summed E-state index contributed by atoms with van der Waals surface area (Å²) in [6.45, 7) is 0. The summed E-state index contributed by atoms with van der Waals surface area (Å²) in [7, 11) is 3.01. The third kappa shape index (κ3) is 4.50. The molecule has 1 amide bonds. The number of aliphatic imine (C=N–C) groups is 1. The van der Waals surface area contributed by atoms with E-state index in [-0.39, 0.29) is 34.6 Å². The van der Waals surface area contributed by atoms with Gasteiger partial charge in [-0.2, -0.15) is 13.2 Å². The highest BCUT2D eigenvalue weighted by Crippen LogP contribution is 2.42. The number of halogens is 4. The van der Waals surface area contributed by atoms with Crippen LogP contribution in [-0.2, 0) is 11.0 Å². The molecule has 2 aromatic rings. The summed E-state index contributed by atoms with van der Waals surface area (Å²) < 4.78 is 40.4. The van der Waals surface area contributed by atoms with Gasteiger partial charge in [0, 0.05) is 19.7 Å². The summed E-state index contributed by atoms with van der Waals surface area (Å²) >= 11 is 3.12. The van der Waals surface area contributed by atoms with Gasteiger partial charge in [-0.25, -0.2) is 0 Å². The predicted octanol–water partition coefficient (Wildman–Crippen LogP) is 4.81. The number of alkyl halides is 4. The molecule has 152 valence electrons. The molecular weight excluding hydrogens is 451 g/mol. The van der Waals surface area contributed by atoms with Gasteiger partial charge in [-0.3, -0.25) is 14.6 Å². The summed E-state index contributed by atoms with van der Waals surface area (Å²) in [6.07, 6.45) is -4.71. The Kier molecular flexibility index (Phi) is 5.79. The van der Waals surface area contributed by atoms with Gasteiger partial charge in [0.25, 0.3) is 0 Å². The molecule has 2 aromatic carbocycles. The number of amides is 1. The summed E-state index contributed by atoms with van der Waals surface area (Å²) in [5.74, 6) is -0.610. The molecule has 1 N–H and O–H groups in total. The van der Waals surface area contributed by atoms with Crippen molar-refractivity contribution in [2.45, 2.75) is 12.6 Å². The number of anilines is 2. The third-order valence-electron chi connectivity index (χ3n) is 4.40. The Hall–Kier alpha value is -2.68. The molecule has 0 fully saturated rings. The number of hydrogen-bond donors (Lipinski definition) is 1. The van der Waals surface area contributed by atoms with Crippen LogP contribution >= 0.6 is 15.9 Å². The maximum Gasteiger partial charge on any atom is 0.418 e. The second-order valence-electron chi connectivity index (χ2n) is 6.70. The van der Waals surface area contributed by atoms with Crippen molar-refractivity contribution in [1.82, 2.24) is 0 Å². The molecule has 0 aliphatic carbocycles. The summed E-state index contributed by atoms with van der Waals surface area (Å²) in [6, 6.07) is 8.86. The summed E-state index contributed by atoms with van der Waals surface area (Å²) in [4.78, 5) is 30.1. The molecule has 0 aromatic heterocycles. The quantitative estimate of drug-likeness (QED) is 0.518. The number of nitrogens with zero attached hydrogens (tertiary/aromatic N) is 2. The van der Waals surface area contributed by atoms with Crippen LogP contribution in [0.2, 0.25) is 0 Å². The van der Waals surface area contributed by atoms with Crippen LogP contribution in [-0.4, -0.2) is 36.8 Å². The van der Waals surface area contributed by atoms with Crippen LogP contribution in [0.3, 0.4) is 0 Å². The molecule has 29 heavy (non-hydrogen) atoms. The first-order valence-electron chi connectivity index (χ1n) is 8.59. The lowest BCUT2D eigenvalue weighted by Crippen LogP contribution is -2.18. The first kappa shape index (κ1) is 21.0. The number of rotatable bonds is 4. The Bertz CT molecular complexity index is 1020. The number of hydrogen-bond acceptors (Lipinski definition) is 4. The van der Waals surface area contributed by atoms with E-state index in [0.717, 1.165) is 6.07 Å². The maximum absolute atomic E-state index is 13.5. The molecule has 1 aliphatic heterocycles. The van der Waals surface area contributed by atoms with Crippen LogP contribution in [0.1, 0.15) is 27.9 Å². The van der Waals surface area contributed by atoms with Crippen LogP contribution < -0.4 is 10.2 Å². The Morgan fingerprint density at radius 3 is 2.59 bits per heavy atom. The lowest BCUT2D eigenvalue weighted by atomic mass is 10.0. The smallest absolute Gasteiger partial charge is 0.377 e. The number of ketones is 1. The standard InChI is InChI=1S/C20H17BrF3N3O2/c1-27(2)17-8-16-15(7-13(17)20(22,23)24)26-19(29)9-14(25-16)11-4-3-5-12(6-11)18(28)10-21/h3-8H,9-10H2,1-2H3,(H,26,29). The Morgan fingerprint density at radius 1 is 1.24 bits per heavy atom. The number of carbonyl (C=O) groups excluding carboxylic acids is 2. The van der Waals surface area contributed by atoms with Crippen molar-refractivity contribution in [2.75, 3.05) is 29.6 Å². The van der Waals surface area contributed by atoms with Gasteiger partial charge in [-0.15, -0.1) is 0 Å². The number of benzene rings is 2. The molecule has 0 unspecified atom stereocenters. The molecule has 3 rings (SSSR count). The van der Waals surface area contributed by atoms with E-state index < -0.39 is 17.6 Å². The fourth-order valence-corrected chi connectivity index (χ4v) is 3.34. The minimum Gasteiger partial charge on any atom is -0.377 e. The Balaban J connectivity index is 2.16. The van der Waals surface area contributed by atoms with Gasteiger partial charge >= 0.3 is 6.18 Å². The van der Waals surface area contributed by atoms with E-state index in [1.807, 2.05) is 0 Å². The predicted molar refractivity (Wildman–Crippen MR) is 110 cm³/mol. The second kappa shape index (κ2) is 7.98. The van der Waals surface area contributed by atoms with Crippen LogP contribution in [0.4, 0.5) is 30.2 Å². The summed E-state index contributed by atoms with van der Waals surface area (Å²) in [5.41, 5.74) is 0.689. The lowest BCUT2D eigenvalue weighted by molar-refractivity contribution is -0.137. The van der Waals surface area contributed by atoms with Crippen molar-refractivity contribution in [1.29, 1.82) is 0 Å². The number of carbonyl (C=O) groups is 2. The average molecular weight is 468 g/mol. The van der Waals surface area contributed by atoms with E-state index in [9.17, 15) is 22.8 Å². The zero-order chi connectivity index (χ0) is 21.3. The van der Waals surface area contributed by atoms with E-state index in [1.54, 1.807) is 24.3 Å². The highest BCUT2D eigenvalue weighted by atomic mass is 79.9. The van der Waals surface area contributed by atoms with Crippen molar-refractivity contribution < 1.29 is 22.8 Å². The van der Waals surface area contributed by atoms with Gasteiger partial charge in [-0.1, -0.05) is 34.1 Å². The lowest BCUT2D eigenvalue weighted by Gasteiger charge is -2.21. The Labute approximate surface area is 173 Å². The normalized spacial score (nSPS) is 13.9. The molecule has 0 saturated carbocycles. The van der Waals surface area contributed by atoms with Gasteiger partial charge in [0.15, 0.2) is 5.78 Å². The molecule has 0 atom stereocenters. The van der Waals surface area contributed by atoms with Crippen LogP contribution in [0, 0.1) is 0 Å². The van der Waals surface area contributed by atoms with Gasteiger partial charge in [0.05, 0.1) is 40.1 Å². The molecule has 9 heteroatoms. The molecular formula is C20H17BrF3N3O2. The minimum absolute atomic E-state index is 0.00406. The molecule has 0 spiro atoms. The maximum atomic E-state index is 13.5. The van der Waals surface area contributed by atoms with Gasteiger partial charge in [-0.05, 0) is 23.8 Å². The highest BCUT2D eigenvalue weighted by Gasteiger charge is 2.35. The van der Waals surface area contributed by atoms with E-state index in [2.05, 4.69) is 26.2 Å². The van der Waals surface area contributed by atoms with Crippen molar-refractivity contribution >= 4 is 50.4 Å². The zero-order valence-corrected chi connectivity index (χ0v) is 17.2. The fourth-order valence-electron chi connectivity index (χ4n) is 3.01. The number of Topliss-reactive ketones (excluding diaryl/α,β-unsaturated/α-hetero) is 1. The first-order valence-corrected chi connectivity index (χ1v) is 9.72. The van der Waals surface area contributed by atoms with Gasteiger partial charge in [0.2, 0.25) is 5.91 Å². The largest absolute Gasteiger partial charge is 0.418 e. The topological polar surface area (TPSA) is 61.8 Å². The summed E-state index contributed by atoms with van der Waals surface area (Å²) in [5, 5.41) is 2.65. The second-order valence-corrected chi connectivity index (χ2v) is 7.26. The van der Waals surface area contributed by atoms with E-state index in [1.165, 1.54) is 25.1 Å². The SMILES string of the molecule is CN(C)c1cc2c(cc1C(F)(F)F)NC(=O)CC(c1cccc(C(=O)CBr)c1)=N2. The van der Waals surface area contributed by atoms with Crippen molar-refractivity contribution in [2.24, 2.45) is 4.99 Å². The van der Waals surface area contributed by atoms with Gasteiger partial charge in [0.1, 0.15) is 0 Å². The van der Waals surface area contributed by atoms with E-state index >= 15 is 0 Å². The monoisotopic (exact) mass is 467 g/mol. The fraction of sp³-hybridized carbons (Fsp3) is 0.250. The van der Waals surface area contributed by atoms with Crippen molar-refractivity contribution in [3.05, 3.63) is 53.1 Å². The highest BCUT2D eigenvalue weighted by molar-refractivity contribution is 9.09. The molecule has 0 saturated heterocycles. The Morgan fingerprint density at radius 2 is 1.97 bits per heavy atom. The van der Waals surface area contributed by atoms with Crippen LogP contribution in [0.5, 0.6) is 0 Å². The molecule has 1 heterocycles. The molecule has 5 nitrogen and oxygen atoms in total. The first-order chi connectivity index (χ1) is 13.6. The van der Waals surface area contributed by atoms with E-state index in [4.69, 9.17) is 0 Å². The molecule has 1 aliphatic rings. The minimum atomic E-state index is -4.58. The van der Waals surface area contributed by atoms with E-state index in [0.29, 0.717) is 16.8 Å². The number of fused-ring (bicyclic) bond motifs is 1. The molecule has 0 bridgehead atoms. The zero-order valence-electron chi connectivity index (χ0n) is 15.6. The van der Waals surface area contributed by atoms with Crippen LogP contribution in [0.25, 0.3) is 0 Å². The molecule has 0 radical (unpaired) electrons. The van der Waals surface area contributed by atoms with Crippen molar-refractivity contribution in [3.63, 3.8) is 0 Å². The van der Waals surface area contributed by atoms with Gasteiger partial charge < -0.3 is 10.2 Å². The van der Waals surface area contributed by atoms with Crippen LogP contribution in [0.15, 0.2) is 41.4 Å². The number of nitrogens with one attached hydrogen (secondary N) is 1. The third-order valence-corrected chi connectivity index (χ3v) is 4.91. The van der Waals surface area contributed by atoms with Crippen molar-refractivity contribution in [3.8, 4) is 0 Å².